The largest absolute Gasteiger partial charge is 0.383 e. The van der Waals surface area contributed by atoms with Crippen LogP contribution < -0.4 is 11.5 Å². The third kappa shape index (κ3) is 3.31. The number of aromatic nitrogens is 5. The maximum atomic E-state index is 6.34. The van der Waals surface area contributed by atoms with E-state index in [4.69, 9.17) is 34.7 Å². The molecule has 9 heteroatoms. The molecular weight excluding hydrogens is 397 g/mol. The number of anilines is 1. The van der Waals surface area contributed by atoms with E-state index < -0.39 is 0 Å². The summed E-state index contributed by atoms with van der Waals surface area (Å²) in [7, 11) is 0. The molecular formula is C19H15Cl2N7. The summed E-state index contributed by atoms with van der Waals surface area (Å²) in [6, 6.07) is 15.0. The van der Waals surface area contributed by atoms with Crippen LogP contribution in [0.2, 0.25) is 10.0 Å². The Balaban J connectivity index is 1.85. The van der Waals surface area contributed by atoms with Crippen molar-refractivity contribution in [3.8, 4) is 28.2 Å². The Labute approximate surface area is 170 Å². The van der Waals surface area contributed by atoms with Crippen LogP contribution in [0.1, 0.15) is 5.56 Å². The van der Waals surface area contributed by atoms with Crippen molar-refractivity contribution in [2.45, 2.75) is 6.54 Å². The lowest BCUT2D eigenvalue weighted by molar-refractivity contribution is 0.791. The molecule has 2 aromatic heterocycles. The first-order valence-corrected chi connectivity index (χ1v) is 9.12. The number of tetrazole rings is 1. The van der Waals surface area contributed by atoms with Crippen LogP contribution >= 0.6 is 23.2 Å². The maximum Gasteiger partial charge on any atom is 0.190 e. The molecule has 4 aromatic rings. The standard InChI is InChI=1S/C19H15Cl2N7/c20-15-5-2-6-16(17(15)21)28-19(25-26-27-28)14-8-13(10-24-18(14)23)12-4-1-3-11(7-12)9-22/h1-8,10H,9,22H2,(H2,23,24). The van der Waals surface area contributed by atoms with Gasteiger partial charge in [0, 0.05) is 18.3 Å². The predicted octanol–water partition coefficient (Wildman–Crippen LogP) is 3.74. The Kier molecular flexibility index (Phi) is 4.95. The molecule has 4 rings (SSSR count). The van der Waals surface area contributed by atoms with Crippen LogP contribution in [0.15, 0.2) is 54.7 Å². The fourth-order valence-corrected chi connectivity index (χ4v) is 3.24. The third-order valence-electron chi connectivity index (χ3n) is 4.28. The number of hydrogen-bond donors (Lipinski definition) is 2. The first kappa shape index (κ1) is 18.4. The normalized spacial score (nSPS) is 11.0. The van der Waals surface area contributed by atoms with Gasteiger partial charge >= 0.3 is 0 Å². The number of nitrogens with zero attached hydrogens (tertiary/aromatic N) is 5. The second-order valence-corrected chi connectivity index (χ2v) is 6.83. The van der Waals surface area contributed by atoms with Gasteiger partial charge in [-0.15, -0.1) is 5.10 Å². The highest BCUT2D eigenvalue weighted by Crippen LogP contribution is 2.33. The summed E-state index contributed by atoms with van der Waals surface area (Å²) in [5.74, 6) is 0.707. The van der Waals surface area contributed by atoms with E-state index in [1.165, 1.54) is 4.68 Å². The van der Waals surface area contributed by atoms with Crippen molar-refractivity contribution in [1.82, 2.24) is 25.2 Å². The zero-order chi connectivity index (χ0) is 19.7. The molecule has 0 saturated carbocycles. The van der Waals surface area contributed by atoms with Gasteiger partial charge in [0.2, 0.25) is 0 Å². The van der Waals surface area contributed by atoms with Gasteiger partial charge in [0.1, 0.15) is 5.82 Å². The number of pyridine rings is 1. The number of nitrogen functional groups attached to an aromatic ring is 1. The topological polar surface area (TPSA) is 109 Å². The molecule has 0 amide bonds. The Hall–Kier alpha value is -3.00. The minimum absolute atomic E-state index is 0.299. The van der Waals surface area contributed by atoms with Crippen molar-refractivity contribution >= 4 is 29.0 Å². The lowest BCUT2D eigenvalue weighted by atomic mass is 10.0. The summed E-state index contributed by atoms with van der Waals surface area (Å²) in [6.07, 6.45) is 1.70. The molecule has 0 fully saturated rings. The fourth-order valence-electron chi connectivity index (χ4n) is 2.86. The molecule has 0 unspecified atom stereocenters. The molecule has 0 bridgehead atoms. The van der Waals surface area contributed by atoms with Gasteiger partial charge in [0.15, 0.2) is 5.82 Å². The van der Waals surface area contributed by atoms with Crippen molar-refractivity contribution in [2.75, 3.05) is 5.73 Å². The van der Waals surface area contributed by atoms with E-state index in [1.807, 2.05) is 30.3 Å². The van der Waals surface area contributed by atoms with Crippen LogP contribution in [0.4, 0.5) is 5.82 Å². The van der Waals surface area contributed by atoms with Crippen LogP contribution in [-0.2, 0) is 6.54 Å². The van der Waals surface area contributed by atoms with E-state index in [9.17, 15) is 0 Å². The molecule has 0 spiro atoms. The summed E-state index contributed by atoms with van der Waals surface area (Å²) in [5.41, 5.74) is 15.9. The van der Waals surface area contributed by atoms with E-state index in [1.54, 1.807) is 24.4 Å². The molecule has 2 aromatic carbocycles. The van der Waals surface area contributed by atoms with Crippen LogP contribution in [0.3, 0.4) is 0 Å². The summed E-state index contributed by atoms with van der Waals surface area (Å²) >= 11 is 12.5. The van der Waals surface area contributed by atoms with Gasteiger partial charge < -0.3 is 11.5 Å². The summed E-state index contributed by atoms with van der Waals surface area (Å²) in [5, 5.41) is 12.7. The van der Waals surface area contributed by atoms with Crippen molar-refractivity contribution in [1.29, 1.82) is 0 Å². The molecule has 0 aliphatic rings. The van der Waals surface area contributed by atoms with Crippen molar-refractivity contribution in [3.05, 3.63) is 70.3 Å². The van der Waals surface area contributed by atoms with Crippen molar-refractivity contribution in [3.63, 3.8) is 0 Å². The van der Waals surface area contributed by atoms with Gasteiger partial charge in [-0.25, -0.2) is 4.98 Å². The predicted molar refractivity (Wildman–Crippen MR) is 110 cm³/mol. The lowest BCUT2D eigenvalue weighted by Crippen LogP contribution is -2.04. The number of nitrogens with two attached hydrogens (primary N) is 2. The minimum atomic E-state index is 0.299. The van der Waals surface area contributed by atoms with Gasteiger partial charge in [-0.05, 0) is 45.8 Å². The van der Waals surface area contributed by atoms with E-state index in [0.717, 1.165) is 16.7 Å². The SMILES string of the molecule is NCc1cccc(-c2cnc(N)c(-c3nnnn3-c3cccc(Cl)c3Cl)c2)c1. The van der Waals surface area contributed by atoms with Gasteiger partial charge in [-0.1, -0.05) is 47.5 Å². The Morgan fingerprint density at radius 2 is 1.82 bits per heavy atom. The molecule has 28 heavy (non-hydrogen) atoms. The average molecular weight is 412 g/mol. The fraction of sp³-hybridized carbons (Fsp3) is 0.0526. The molecule has 4 N–H and O–H groups in total. The van der Waals surface area contributed by atoms with Crippen LogP contribution in [-0.4, -0.2) is 25.2 Å². The minimum Gasteiger partial charge on any atom is -0.383 e. The number of benzene rings is 2. The molecule has 140 valence electrons. The number of rotatable bonds is 4. The summed E-state index contributed by atoms with van der Waals surface area (Å²) < 4.78 is 1.49. The monoisotopic (exact) mass is 411 g/mol. The van der Waals surface area contributed by atoms with E-state index >= 15 is 0 Å². The molecule has 0 saturated heterocycles. The second-order valence-electron chi connectivity index (χ2n) is 6.05. The number of hydrogen-bond acceptors (Lipinski definition) is 6. The molecule has 0 aliphatic carbocycles. The van der Waals surface area contributed by atoms with Crippen molar-refractivity contribution in [2.24, 2.45) is 5.73 Å². The van der Waals surface area contributed by atoms with E-state index in [-0.39, 0.29) is 0 Å². The van der Waals surface area contributed by atoms with E-state index in [2.05, 4.69) is 20.5 Å². The van der Waals surface area contributed by atoms with Gasteiger partial charge in [-0.2, -0.15) is 4.68 Å². The van der Waals surface area contributed by atoms with E-state index in [0.29, 0.717) is 39.5 Å². The smallest absolute Gasteiger partial charge is 0.190 e. The van der Waals surface area contributed by atoms with Gasteiger partial charge in [-0.3, -0.25) is 0 Å². The third-order valence-corrected chi connectivity index (χ3v) is 5.09. The highest BCUT2D eigenvalue weighted by Gasteiger charge is 2.18. The molecule has 2 heterocycles. The molecule has 7 nitrogen and oxygen atoms in total. The molecule has 0 aliphatic heterocycles. The zero-order valence-electron chi connectivity index (χ0n) is 14.5. The zero-order valence-corrected chi connectivity index (χ0v) is 16.1. The first-order chi connectivity index (χ1) is 13.6. The highest BCUT2D eigenvalue weighted by molar-refractivity contribution is 6.43. The summed E-state index contributed by atoms with van der Waals surface area (Å²) in [4.78, 5) is 4.32. The maximum absolute atomic E-state index is 6.34. The second kappa shape index (κ2) is 7.55. The molecule has 0 atom stereocenters. The number of halogens is 2. The van der Waals surface area contributed by atoms with Crippen LogP contribution in [0.25, 0.3) is 28.2 Å². The van der Waals surface area contributed by atoms with Crippen LogP contribution in [0.5, 0.6) is 0 Å². The Bertz CT molecular complexity index is 1160. The summed E-state index contributed by atoms with van der Waals surface area (Å²) in [6.45, 7) is 0.453. The van der Waals surface area contributed by atoms with Crippen molar-refractivity contribution < 1.29 is 0 Å². The van der Waals surface area contributed by atoms with Gasteiger partial charge in [0.05, 0.1) is 21.3 Å². The Morgan fingerprint density at radius 1 is 1.00 bits per heavy atom. The average Bonchev–Trinajstić information content (AvgIpc) is 3.20. The Morgan fingerprint density at radius 3 is 2.64 bits per heavy atom. The highest BCUT2D eigenvalue weighted by atomic mass is 35.5. The van der Waals surface area contributed by atoms with Crippen LogP contribution in [0, 0.1) is 0 Å². The quantitative estimate of drug-likeness (QED) is 0.529. The lowest BCUT2D eigenvalue weighted by Gasteiger charge is -2.11. The van der Waals surface area contributed by atoms with Gasteiger partial charge in [0.25, 0.3) is 0 Å². The molecule has 0 radical (unpaired) electrons. The first-order valence-electron chi connectivity index (χ1n) is 8.36.